The van der Waals surface area contributed by atoms with Gasteiger partial charge in [0.25, 0.3) is 0 Å². The first-order valence-corrected chi connectivity index (χ1v) is 6.70. The highest BCUT2D eigenvalue weighted by molar-refractivity contribution is 6.17. The van der Waals surface area contributed by atoms with Gasteiger partial charge in [-0.15, -0.1) is 11.6 Å². The second kappa shape index (κ2) is 6.78. The van der Waals surface area contributed by atoms with E-state index >= 15 is 0 Å². The number of halogens is 1. The van der Waals surface area contributed by atoms with Crippen LogP contribution < -0.4 is 10.1 Å². The fourth-order valence-corrected chi connectivity index (χ4v) is 1.81. The van der Waals surface area contributed by atoms with E-state index in [9.17, 15) is 0 Å². The van der Waals surface area contributed by atoms with Gasteiger partial charge >= 0.3 is 0 Å². The number of aromatic nitrogens is 2. The Hall–Kier alpha value is -1.03. The van der Waals surface area contributed by atoms with E-state index in [0.717, 1.165) is 25.1 Å². The average molecular weight is 272 g/mol. The Labute approximate surface area is 114 Å². The molecule has 1 aromatic heterocycles. The van der Waals surface area contributed by atoms with Gasteiger partial charge in [0.1, 0.15) is 0 Å². The molecule has 1 heterocycles. The van der Waals surface area contributed by atoms with Crippen LogP contribution >= 0.6 is 11.6 Å². The summed E-state index contributed by atoms with van der Waals surface area (Å²) in [6.07, 6.45) is 2.10. The molecule has 0 aromatic carbocycles. The minimum atomic E-state index is 0.176. The summed E-state index contributed by atoms with van der Waals surface area (Å²) in [7, 11) is 1.61. The van der Waals surface area contributed by atoms with Gasteiger partial charge < -0.3 is 10.1 Å². The maximum Gasteiger partial charge on any atom is 0.226 e. The van der Waals surface area contributed by atoms with E-state index in [0.29, 0.717) is 17.7 Å². The van der Waals surface area contributed by atoms with E-state index in [1.54, 1.807) is 7.11 Å². The number of rotatable bonds is 7. The van der Waals surface area contributed by atoms with E-state index < -0.39 is 0 Å². The van der Waals surface area contributed by atoms with E-state index in [2.05, 4.69) is 29.1 Å². The highest BCUT2D eigenvalue weighted by Crippen LogP contribution is 2.23. The molecular weight excluding hydrogens is 250 g/mol. The molecule has 1 aromatic rings. The number of alkyl halides is 1. The number of hydrogen-bond donors (Lipinski definition) is 1. The summed E-state index contributed by atoms with van der Waals surface area (Å²) in [5, 5.41) is 3.26. The molecule has 0 radical (unpaired) electrons. The zero-order valence-electron chi connectivity index (χ0n) is 11.6. The Morgan fingerprint density at radius 1 is 1.39 bits per heavy atom. The number of nitrogens with zero attached hydrogens (tertiary/aromatic N) is 2. The Balaban J connectivity index is 2.59. The molecule has 0 saturated carbocycles. The minimum absolute atomic E-state index is 0.176. The summed E-state index contributed by atoms with van der Waals surface area (Å²) >= 11 is 5.72. The molecule has 0 aliphatic heterocycles. The van der Waals surface area contributed by atoms with E-state index in [1.807, 2.05) is 13.0 Å². The monoisotopic (exact) mass is 271 g/mol. The van der Waals surface area contributed by atoms with Crippen molar-refractivity contribution in [3.05, 3.63) is 11.8 Å². The number of methoxy groups -OCH3 is 1. The minimum Gasteiger partial charge on any atom is -0.481 e. The molecule has 4 nitrogen and oxygen atoms in total. The molecule has 0 amide bonds. The molecular formula is C13H22ClN3O. The average Bonchev–Trinajstić information content (AvgIpc) is 2.33. The van der Waals surface area contributed by atoms with Crippen LogP contribution in [0.1, 0.15) is 32.4 Å². The standard InChI is InChI=1S/C13H22ClN3O/c1-10-8-11(18-4)17-12(16-10)15-9-13(2,3)6-5-7-14/h8H,5-7,9H2,1-4H3,(H,15,16,17). The van der Waals surface area contributed by atoms with E-state index in [1.165, 1.54) is 0 Å². The molecule has 1 rings (SSSR count). The molecule has 0 atom stereocenters. The fourth-order valence-electron chi connectivity index (χ4n) is 1.68. The molecule has 0 spiro atoms. The van der Waals surface area contributed by atoms with Crippen molar-refractivity contribution < 1.29 is 4.74 Å². The summed E-state index contributed by atoms with van der Waals surface area (Å²) in [5.74, 6) is 1.91. The van der Waals surface area contributed by atoms with Crippen LogP contribution in [0.5, 0.6) is 5.88 Å². The normalized spacial score (nSPS) is 11.4. The second-order valence-electron chi connectivity index (χ2n) is 5.19. The predicted octanol–water partition coefficient (Wildman–Crippen LogP) is 3.25. The largest absolute Gasteiger partial charge is 0.481 e. The van der Waals surface area contributed by atoms with Crippen molar-refractivity contribution in [2.75, 3.05) is 24.9 Å². The summed E-state index contributed by atoms with van der Waals surface area (Å²) < 4.78 is 5.12. The number of ether oxygens (including phenoxy) is 1. The molecule has 1 N–H and O–H groups in total. The number of nitrogens with one attached hydrogen (secondary N) is 1. The van der Waals surface area contributed by atoms with Gasteiger partial charge in [-0.2, -0.15) is 4.98 Å². The first-order valence-electron chi connectivity index (χ1n) is 6.16. The van der Waals surface area contributed by atoms with E-state index in [4.69, 9.17) is 16.3 Å². The van der Waals surface area contributed by atoms with Crippen LogP contribution in [0.15, 0.2) is 6.07 Å². The smallest absolute Gasteiger partial charge is 0.226 e. The lowest BCUT2D eigenvalue weighted by molar-refractivity contribution is 0.354. The topological polar surface area (TPSA) is 47.0 Å². The van der Waals surface area contributed by atoms with Gasteiger partial charge in [-0.1, -0.05) is 13.8 Å². The van der Waals surface area contributed by atoms with Crippen molar-refractivity contribution in [3.8, 4) is 5.88 Å². The highest BCUT2D eigenvalue weighted by Gasteiger charge is 2.17. The maximum absolute atomic E-state index is 5.72. The molecule has 18 heavy (non-hydrogen) atoms. The molecule has 5 heteroatoms. The Kier molecular flexibility index (Phi) is 5.66. The van der Waals surface area contributed by atoms with Crippen molar-refractivity contribution >= 4 is 17.5 Å². The van der Waals surface area contributed by atoms with Gasteiger partial charge in [-0.3, -0.25) is 0 Å². The Morgan fingerprint density at radius 2 is 2.11 bits per heavy atom. The number of anilines is 1. The van der Waals surface area contributed by atoms with Gasteiger partial charge in [0.15, 0.2) is 0 Å². The molecule has 0 saturated heterocycles. The third-order valence-electron chi connectivity index (χ3n) is 2.75. The Morgan fingerprint density at radius 3 is 2.72 bits per heavy atom. The molecule has 0 aliphatic carbocycles. The Bertz CT molecular complexity index is 382. The van der Waals surface area contributed by atoms with Crippen LogP contribution in [0.4, 0.5) is 5.95 Å². The molecule has 0 aliphatic rings. The first-order chi connectivity index (χ1) is 8.46. The predicted molar refractivity (Wildman–Crippen MR) is 75.5 cm³/mol. The zero-order chi connectivity index (χ0) is 13.6. The van der Waals surface area contributed by atoms with Crippen molar-refractivity contribution in [2.24, 2.45) is 5.41 Å². The van der Waals surface area contributed by atoms with Crippen molar-refractivity contribution in [2.45, 2.75) is 33.6 Å². The lowest BCUT2D eigenvalue weighted by Gasteiger charge is -2.24. The van der Waals surface area contributed by atoms with Crippen molar-refractivity contribution in [3.63, 3.8) is 0 Å². The fraction of sp³-hybridized carbons (Fsp3) is 0.692. The number of hydrogen-bond acceptors (Lipinski definition) is 4. The maximum atomic E-state index is 5.72. The van der Waals surface area contributed by atoms with Crippen LogP contribution in [0.3, 0.4) is 0 Å². The second-order valence-corrected chi connectivity index (χ2v) is 5.56. The van der Waals surface area contributed by atoms with E-state index in [-0.39, 0.29) is 5.41 Å². The molecule has 0 fully saturated rings. The van der Waals surface area contributed by atoms with Gasteiger partial charge in [0, 0.05) is 24.2 Å². The lowest BCUT2D eigenvalue weighted by atomic mass is 9.88. The summed E-state index contributed by atoms with van der Waals surface area (Å²) in [4.78, 5) is 8.60. The van der Waals surface area contributed by atoms with Gasteiger partial charge in [0.2, 0.25) is 11.8 Å². The van der Waals surface area contributed by atoms with Crippen LogP contribution in [0.25, 0.3) is 0 Å². The first kappa shape index (κ1) is 15.0. The van der Waals surface area contributed by atoms with Crippen LogP contribution in [-0.4, -0.2) is 29.5 Å². The quantitative estimate of drug-likeness (QED) is 0.774. The lowest BCUT2D eigenvalue weighted by Crippen LogP contribution is -2.24. The molecule has 0 bridgehead atoms. The summed E-state index contributed by atoms with van der Waals surface area (Å²) in [6.45, 7) is 7.16. The van der Waals surface area contributed by atoms with Crippen LogP contribution in [0, 0.1) is 12.3 Å². The van der Waals surface area contributed by atoms with Crippen LogP contribution in [-0.2, 0) is 0 Å². The molecule has 0 unspecified atom stereocenters. The molecule has 102 valence electrons. The summed E-state index contributed by atoms with van der Waals surface area (Å²) in [6, 6.07) is 1.81. The highest BCUT2D eigenvalue weighted by atomic mass is 35.5. The van der Waals surface area contributed by atoms with Crippen molar-refractivity contribution in [1.82, 2.24) is 9.97 Å². The third kappa shape index (κ3) is 5.08. The number of aryl methyl sites for hydroxylation is 1. The van der Waals surface area contributed by atoms with Crippen LogP contribution in [0.2, 0.25) is 0 Å². The van der Waals surface area contributed by atoms with Crippen molar-refractivity contribution in [1.29, 1.82) is 0 Å². The third-order valence-corrected chi connectivity index (χ3v) is 3.02. The summed E-state index contributed by atoms with van der Waals surface area (Å²) in [5.41, 5.74) is 1.07. The van der Waals surface area contributed by atoms with Gasteiger partial charge in [-0.25, -0.2) is 4.98 Å². The zero-order valence-corrected chi connectivity index (χ0v) is 12.3. The van der Waals surface area contributed by atoms with Gasteiger partial charge in [0.05, 0.1) is 7.11 Å². The van der Waals surface area contributed by atoms with Gasteiger partial charge in [-0.05, 0) is 25.2 Å². The SMILES string of the molecule is COc1cc(C)nc(NCC(C)(C)CCCCl)n1.